The van der Waals surface area contributed by atoms with Gasteiger partial charge in [0, 0.05) is 12.5 Å². The van der Waals surface area contributed by atoms with E-state index in [1.54, 1.807) is 19.8 Å². The first-order valence-corrected chi connectivity index (χ1v) is 9.90. The van der Waals surface area contributed by atoms with E-state index in [1.165, 1.54) is 24.8 Å². The molecule has 3 aliphatic rings. The molecule has 0 aliphatic heterocycles. The summed E-state index contributed by atoms with van der Waals surface area (Å²) in [5.74, 6) is 2.93. The average Bonchev–Trinajstić information content (AvgIpc) is 2.62. The molecule has 2 saturated carbocycles. The van der Waals surface area contributed by atoms with Gasteiger partial charge in [-0.15, -0.1) is 0 Å². The topological polar surface area (TPSA) is 38.7 Å². The van der Waals surface area contributed by atoms with E-state index in [1.807, 2.05) is 0 Å². The van der Waals surface area contributed by atoms with Gasteiger partial charge in [-0.2, -0.15) is 0 Å². The molecule has 3 heteroatoms. The highest BCUT2D eigenvalue weighted by molar-refractivity contribution is 5.40. The maximum Gasteiger partial charge on any atom is 0.119 e. The number of hydrogen-bond donors (Lipinski definition) is 1. The van der Waals surface area contributed by atoms with Crippen LogP contribution in [0.3, 0.4) is 0 Å². The third kappa shape index (κ3) is 2.54. The number of aryl methyl sites for hydroxylation is 1. The zero-order valence-electron chi connectivity index (χ0n) is 15.9. The quantitative estimate of drug-likeness (QED) is 0.887. The Labute approximate surface area is 151 Å². The number of rotatable bonds is 3. The van der Waals surface area contributed by atoms with Crippen molar-refractivity contribution < 1.29 is 14.6 Å². The molecule has 1 aromatic rings. The standard InChI is InChI=1S/C22H32O3/c1-21-12-10-18-17-9-7-16(25-3)13-15(17)6-8-19(18)20(21)5-4-11-22(21,23)14-24-2/h7,9,13,18-20,23H,4-6,8,10-12,14H2,1-3H3/t18?,19-,20+,21+,22+/m1/s1. The van der Waals surface area contributed by atoms with E-state index in [0.717, 1.165) is 31.4 Å². The lowest BCUT2D eigenvalue weighted by Gasteiger charge is -2.60. The van der Waals surface area contributed by atoms with Gasteiger partial charge in [0.25, 0.3) is 0 Å². The summed E-state index contributed by atoms with van der Waals surface area (Å²) >= 11 is 0. The van der Waals surface area contributed by atoms with Crippen LogP contribution >= 0.6 is 0 Å². The summed E-state index contributed by atoms with van der Waals surface area (Å²) in [6.07, 6.45) is 7.94. The molecule has 0 heterocycles. The summed E-state index contributed by atoms with van der Waals surface area (Å²) in [5.41, 5.74) is 2.36. The average molecular weight is 344 g/mol. The van der Waals surface area contributed by atoms with Gasteiger partial charge in [0.2, 0.25) is 0 Å². The first kappa shape index (κ1) is 17.4. The van der Waals surface area contributed by atoms with Crippen molar-refractivity contribution in [2.75, 3.05) is 20.8 Å². The monoisotopic (exact) mass is 344 g/mol. The minimum atomic E-state index is -0.657. The second-order valence-electron chi connectivity index (χ2n) is 8.79. The first-order chi connectivity index (χ1) is 12.0. The molecule has 0 bridgehead atoms. The van der Waals surface area contributed by atoms with Crippen LogP contribution in [0.4, 0.5) is 0 Å². The first-order valence-electron chi connectivity index (χ1n) is 9.90. The van der Waals surface area contributed by atoms with E-state index in [9.17, 15) is 5.11 Å². The predicted molar refractivity (Wildman–Crippen MR) is 99.1 cm³/mol. The molecular weight excluding hydrogens is 312 g/mol. The van der Waals surface area contributed by atoms with E-state index < -0.39 is 5.60 Å². The fraction of sp³-hybridized carbons (Fsp3) is 0.727. The predicted octanol–water partition coefficient (Wildman–Crippen LogP) is 4.32. The van der Waals surface area contributed by atoms with Gasteiger partial charge in [-0.25, -0.2) is 0 Å². The molecule has 0 radical (unpaired) electrons. The molecule has 1 unspecified atom stereocenters. The number of ether oxygens (including phenoxy) is 2. The summed E-state index contributed by atoms with van der Waals surface area (Å²) in [6.45, 7) is 2.82. The molecule has 25 heavy (non-hydrogen) atoms. The van der Waals surface area contributed by atoms with Crippen molar-refractivity contribution in [2.45, 2.75) is 63.4 Å². The van der Waals surface area contributed by atoms with Crippen LogP contribution in [0.25, 0.3) is 0 Å². The highest BCUT2D eigenvalue weighted by atomic mass is 16.5. The van der Waals surface area contributed by atoms with E-state index in [0.29, 0.717) is 24.4 Å². The molecule has 1 aromatic carbocycles. The number of aliphatic hydroxyl groups is 1. The molecule has 3 aliphatic carbocycles. The maximum absolute atomic E-state index is 11.4. The van der Waals surface area contributed by atoms with Crippen molar-refractivity contribution in [1.82, 2.24) is 0 Å². The van der Waals surface area contributed by atoms with Gasteiger partial charge in [-0.3, -0.25) is 0 Å². The second kappa shape index (κ2) is 6.28. The smallest absolute Gasteiger partial charge is 0.119 e. The Kier molecular flexibility index (Phi) is 4.36. The summed E-state index contributed by atoms with van der Waals surface area (Å²) in [6, 6.07) is 6.66. The van der Waals surface area contributed by atoms with Crippen LogP contribution in [0.2, 0.25) is 0 Å². The van der Waals surface area contributed by atoms with Gasteiger partial charge >= 0.3 is 0 Å². The molecule has 0 saturated heterocycles. The van der Waals surface area contributed by atoms with E-state index >= 15 is 0 Å². The van der Waals surface area contributed by atoms with E-state index in [2.05, 4.69) is 25.1 Å². The largest absolute Gasteiger partial charge is 0.497 e. The van der Waals surface area contributed by atoms with Gasteiger partial charge in [-0.05, 0) is 79.5 Å². The molecule has 1 N–H and O–H groups in total. The fourth-order valence-corrected chi connectivity index (χ4v) is 6.49. The Morgan fingerprint density at radius 1 is 1.16 bits per heavy atom. The number of benzene rings is 1. The third-order valence-corrected chi connectivity index (χ3v) is 7.88. The van der Waals surface area contributed by atoms with Gasteiger partial charge in [-0.1, -0.05) is 19.4 Å². The minimum Gasteiger partial charge on any atom is -0.497 e. The van der Waals surface area contributed by atoms with Crippen molar-refractivity contribution >= 4 is 0 Å². The van der Waals surface area contributed by atoms with E-state index in [-0.39, 0.29) is 5.41 Å². The Morgan fingerprint density at radius 2 is 2.00 bits per heavy atom. The van der Waals surface area contributed by atoms with Crippen molar-refractivity contribution in [2.24, 2.45) is 17.3 Å². The molecule has 0 aromatic heterocycles. The summed E-state index contributed by atoms with van der Waals surface area (Å²) in [7, 11) is 3.47. The molecule has 4 rings (SSSR count). The number of methoxy groups -OCH3 is 2. The van der Waals surface area contributed by atoms with Gasteiger partial charge in [0.05, 0.1) is 19.3 Å². The highest BCUT2D eigenvalue weighted by Crippen LogP contribution is 2.62. The zero-order valence-corrected chi connectivity index (χ0v) is 15.9. The molecule has 3 nitrogen and oxygen atoms in total. The van der Waals surface area contributed by atoms with Crippen LogP contribution in [0.5, 0.6) is 5.75 Å². The Balaban J connectivity index is 1.67. The lowest BCUT2D eigenvalue weighted by molar-refractivity contribution is -0.194. The zero-order chi connectivity index (χ0) is 17.7. The summed E-state index contributed by atoms with van der Waals surface area (Å²) < 4.78 is 10.9. The summed E-state index contributed by atoms with van der Waals surface area (Å²) in [5, 5.41) is 11.4. The molecule has 138 valence electrons. The fourth-order valence-electron chi connectivity index (χ4n) is 6.49. The van der Waals surface area contributed by atoms with Crippen LogP contribution in [-0.2, 0) is 11.2 Å². The van der Waals surface area contributed by atoms with Crippen LogP contribution in [-0.4, -0.2) is 31.5 Å². The van der Waals surface area contributed by atoms with Crippen LogP contribution in [0.1, 0.15) is 62.5 Å². The molecular formula is C22H32O3. The van der Waals surface area contributed by atoms with Crippen LogP contribution in [0.15, 0.2) is 18.2 Å². The second-order valence-corrected chi connectivity index (χ2v) is 8.79. The molecule has 2 fully saturated rings. The Hall–Kier alpha value is -1.06. The summed E-state index contributed by atoms with van der Waals surface area (Å²) in [4.78, 5) is 0. The number of hydrogen-bond acceptors (Lipinski definition) is 3. The lowest BCUT2D eigenvalue weighted by Crippen LogP contribution is -2.60. The maximum atomic E-state index is 11.4. The van der Waals surface area contributed by atoms with Crippen molar-refractivity contribution in [3.63, 3.8) is 0 Å². The highest BCUT2D eigenvalue weighted by Gasteiger charge is 2.59. The molecule has 5 atom stereocenters. The van der Waals surface area contributed by atoms with E-state index in [4.69, 9.17) is 9.47 Å². The van der Waals surface area contributed by atoms with Crippen LogP contribution < -0.4 is 4.74 Å². The van der Waals surface area contributed by atoms with Crippen LogP contribution in [0, 0.1) is 17.3 Å². The Morgan fingerprint density at radius 3 is 2.76 bits per heavy atom. The molecule has 0 amide bonds. The van der Waals surface area contributed by atoms with Gasteiger partial charge in [0.1, 0.15) is 5.75 Å². The van der Waals surface area contributed by atoms with Crippen molar-refractivity contribution in [3.05, 3.63) is 29.3 Å². The molecule has 0 spiro atoms. The SMILES string of the molecule is COC[C@@]1(O)CCC[C@H]2[C@@H]3CCc4cc(OC)ccc4C3CC[C@@]21C. The minimum absolute atomic E-state index is 0.00754. The third-order valence-electron chi connectivity index (χ3n) is 7.88. The van der Waals surface area contributed by atoms with Crippen molar-refractivity contribution in [1.29, 1.82) is 0 Å². The normalized spacial score (nSPS) is 39.9. The van der Waals surface area contributed by atoms with Crippen molar-refractivity contribution in [3.8, 4) is 5.75 Å². The van der Waals surface area contributed by atoms with Gasteiger partial charge < -0.3 is 14.6 Å². The van der Waals surface area contributed by atoms with Gasteiger partial charge in [0.15, 0.2) is 0 Å². The Bertz CT molecular complexity index is 638. The number of fused-ring (bicyclic) bond motifs is 5. The lowest BCUT2D eigenvalue weighted by atomic mass is 9.46.